The fourth-order valence-corrected chi connectivity index (χ4v) is 3.34. The predicted octanol–water partition coefficient (Wildman–Crippen LogP) is 3.05. The largest absolute Gasteiger partial charge is 0.354 e. The van der Waals surface area contributed by atoms with Gasteiger partial charge in [-0.15, -0.1) is 0 Å². The van der Waals surface area contributed by atoms with Gasteiger partial charge in [0, 0.05) is 36.9 Å². The predicted molar refractivity (Wildman–Crippen MR) is 98.7 cm³/mol. The van der Waals surface area contributed by atoms with E-state index in [0.717, 1.165) is 24.0 Å². The monoisotopic (exact) mass is 375 g/mol. The Hall–Kier alpha value is -2.31. The van der Waals surface area contributed by atoms with Gasteiger partial charge in [0.05, 0.1) is 34.1 Å². The molecule has 0 radical (unpaired) electrons. The molecule has 0 atom stereocenters. The molecule has 1 N–H and O–H groups in total. The third-order valence-corrected chi connectivity index (χ3v) is 5.00. The molecule has 8 heteroatoms. The minimum Gasteiger partial charge on any atom is -0.354 e. The molecule has 0 aliphatic carbocycles. The second kappa shape index (κ2) is 6.54. The van der Waals surface area contributed by atoms with Crippen molar-refractivity contribution in [3.8, 4) is 5.69 Å². The molecule has 25 heavy (non-hydrogen) atoms. The molecule has 1 aromatic carbocycles. The Morgan fingerprint density at radius 2 is 2.12 bits per heavy atom. The minimum absolute atomic E-state index is 0.0132. The second-order valence-corrected chi connectivity index (χ2v) is 6.64. The number of benzene rings is 1. The molecule has 0 saturated carbocycles. The first-order valence-electron chi connectivity index (χ1n) is 7.92. The summed E-state index contributed by atoms with van der Waals surface area (Å²) in [5, 5.41) is 4.60. The van der Waals surface area contributed by atoms with Gasteiger partial charge in [0.25, 0.3) is 0 Å². The molecule has 1 aliphatic heterocycles. The first-order chi connectivity index (χ1) is 12.1. The number of halogens is 2. The summed E-state index contributed by atoms with van der Waals surface area (Å²) < 4.78 is 1.90. The number of carbonyl (C=O) groups excluding carboxylic acids is 1. The second-order valence-electron chi connectivity index (χ2n) is 5.85. The third kappa shape index (κ3) is 3.03. The number of hydrogen-bond donors (Lipinski definition) is 1. The third-order valence-electron chi connectivity index (χ3n) is 4.21. The lowest BCUT2D eigenvalue weighted by atomic mass is 10.1. The van der Waals surface area contributed by atoms with Crippen LogP contribution in [0.15, 0.2) is 36.9 Å². The van der Waals surface area contributed by atoms with Gasteiger partial charge in [-0.05, 0) is 18.6 Å². The van der Waals surface area contributed by atoms with Gasteiger partial charge in [0.1, 0.15) is 5.82 Å². The van der Waals surface area contributed by atoms with Crippen molar-refractivity contribution in [2.45, 2.75) is 6.42 Å². The summed E-state index contributed by atoms with van der Waals surface area (Å²) in [6, 6.07) is 5.60. The van der Waals surface area contributed by atoms with Crippen LogP contribution in [-0.2, 0) is 4.79 Å². The topological polar surface area (TPSA) is 63.1 Å². The molecule has 1 amide bonds. The molecule has 1 saturated heterocycles. The maximum absolute atomic E-state index is 11.9. The number of aromatic nitrogens is 3. The van der Waals surface area contributed by atoms with Gasteiger partial charge >= 0.3 is 0 Å². The maximum atomic E-state index is 11.9. The van der Waals surface area contributed by atoms with Crippen LogP contribution in [0.4, 0.5) is 5.82 Å². The fourth-order valence-electron chi connectivity index (χ4n) is 2.98. The van der Waals surface area contributed by atoms with Gasteiger partial charge in [0.2, 0.25) is 5.91 Å². The number of hydrogen-bond acceptors (Lipinski definition) is 4. The van der Waals surface area contributed by atoms with Crippen molar-refractivity contribution in [2.24, 2.45) is 0 Å². The molecule has 0 unspecified atom stereocenters. The number of fused-ring (bicyclic) bond motifs is 1. The lowest BCUT2D eigenvalue weighted by Gasteiger charge is -2.22. The summed E-state index contributed by atoms with van der Waals surface area (Å²) in [5.74, 6) is 0.679. The van der Waals surface area contributed by atoms with E-state index in [1.807, 2.05) is 27.8 Å². The zero-order valence-electron chi connectivity index (χ0n) is 13.2. The van der Waals surface area contributed by atoms with E-state index >= 15 is 0 Å². The number of amides is 1. The van der Waals surface area contributed by atoms with Gasteiger partial charge in [0.15, 0.2) is 0 Å². The summed E-state index contributed by atoms with van der Waals surface area (Å²) in [6.07, 6.45) is 6.14. The molecule has 0 bridgehead atoms. The van der Waals surface area contributed by atoms with E-state index in [9.17, 15) is 4.79 Å². The highest BCUT2D eigenvalue weighted by Crippen LogP contribution is 2.34. The first-order valence-corrected chi connectivity index (χ1v) is 8.68. The fraction of sp³-hybridized carbons (Fsp3) is 0.235. The Balaban J connectivity index is 1.93. The van der Waals surface area contributed by atoms with Crippen molar-refractivity contribution in [1.82, 2.24) is 19.9 Å². The molecule has 1 aliphatic rings. The summed E-state index contributed by atoms with van der Waals surface area (Å²) >= 11 is 12.6. The van der Waals surface area contributed by atoms with Crippen molar-refractivity contribution < 1.29 is 4.79 Å². The van der Waals surface area contributed by atoms with Gasteiger partial charge in [-0.1, -0.05) is 23.2 Å². The van der Waals surface area contributed by atoms with Crippen molar-refractivity contribution in [1.29, 1.82) is 0 Å². The van der Waals surface area contributed by atoms with Gasteiger partial charge in [-0.25, -0.2) is 9.97 Å². The lowest BCUT2D eigenvalue weighted by molar-refractivity contribution is -0.119. The molecular weight excluding hydrogens is 361 g/mol. The van der Waals surface area contributed by atoms with Crippen molar-refractivity contribution in [2.75, 3.05) is 24.5 Å². The van der Waals surface area contributed by atoms with E-state index in [-0.39, 0.29) is 12.5 Å². The maximum Gasteiger partial charge on any atom is 0.239 e. The first kappa shape index (κ1) is 16.2. The van der Waals surface area contributed by atoms with Crippen LogP contribution in [0, 0.1) is 0 Å². The van der Waals surface area contributed by atoms with Crippen molar-refractivity contribution in [3.05, 3.63) is 47.0 Å². The van der Waals surface area contributed by atoms with E-state index in [1.54, 1.807) is 18.6 Å². The van der Waals surface area contributed by atoms with E-state index in [4.69, 9.17) is 28.2 Å². The van der Waals surface area contributed by atoms with Crippen LogP contribution in [0.5, 0.6) is 0 Å². The minimum atomic E-state index is -0.0132. The van der Waals surface area contributed by atoms with Crippen LogP contribution in [0.3, 0.4) is 0 Å². The summed E-state index contributed by atoms with van der Waals surface area (Å²) in [5.41, 5.74) is 1.50. The average Bonchev–Trinajstić information content (AvgIpc) is 3.06. The highest BCUT2D eigenvalue weighted by atomic mass is 35.5. The van der Waals surface area contributed by atoms with Crippen LogP contribution >= 0.6 is 23.2 Å². The van der Waals surface area contributed by atoms with Crippen LogP contribution < -0.4 is 10.2 Å². The molecule has 128 valence electrons. The van der Waals surface area contributed by atoms with Crippen molar-refractivity contribution in [3.63, 3.8) is 0 Å². The summed E-state index contributed by atoms with van der Waals surface area (Å²) in [7, 11) is 0. The highest BCUT2D eigenvalue weighted by Gasteiger charge is 2.19. The van der Waals surface area contributed by atoms with Crippen LogP contribution in [0.25, 0.3) is 16.6 Å². The standard InChI is InChI=1S/C17H15Cl2N5O/c18-12-3-2-11-13(24-7-5-20-10-24)8-14(22-17(11)16(12)19)23-6-1-4-21-15(25)9-23/h2-3,5,7-8,10H,1,4,6,9H2,(H,21,25). The SMILES string of the molecule is O=C1CN(c2cc(-n3ccnc3)c3ccc(Cl)c(Cl)c3n2)CCCN1. The van der Waals surface area contributed by atoms with Gasteiger partial charge < -0.3 is 14.8 Å². The normalized spacial score (nSPS) is 15.3. The number of nitrogens with one attached hydrogen (secondary N) is 1. The molecular formula is C17H15Cl2N5O. The smallest absolute Gasteiger partial charge is 0.239 e. The molecule has 1 fully saturated rings. The molecule has 2 aromatic heterocycles. The van der Waals surface area contributed by atoms with E-state index in [1.165, 1.54) is 0 Å². The van der Waals surface area contributed by atoms with Crippen molar-refractivity contribution >= 4 is 45.8 Å². The zero-order chi connectivity index (χ0) is 17.4. The summed E-state index contributed by atoms with van der Waals surface area (Å²) in [4.78, 5) is 22.7. The van der Waals surface area contributed by atoms with E-state index in [0.29, 0.717) is 27.9 Å². The molecule has 3 heterocycles. The lowest BCUT2D eigenvalue weighted by Crippen LogP contribution is -2.33. The Morgan fingerprint density at radius 1 is 1.24 bits per heavy atom. The van der Waals surface area contributed by atoms with Crippen LogP contribution in [-0.4, -0.2) is 40.1 Å². The Labute approximate surface area is 154 Å². The van der Waals surface area contributed by atoms with E-state index in [2.05, 4.69) is 10.3 Å². The van der Waals surface area contributed by atoms with E-state index < -0.39 is 0 Å². The summed E-state index contributed by atoms with van der Waals surface area (Å²) in [6.45, 7) is 1.67. The number of nitrogens with zero attached hydrogens (tertiary/aromatic N) is 4. The Kier molecular flexibility index (Phi) is 4.23. The Morgan fingerprint density at radius 3 is 2.92 bits per heavy atom. The molecule has 4 rings (SSSR count). The van der Waals surface area contributed by atoms with Gasteiger partial charge in [-0.2, -0.15) is 0 Å². The zero-order valence-corrected chi connectivity index (χ0v) is 14.8. The average molecular weight is 376 g/mol. The van der Waals surface area contributed by atoms with Crippen LogP contribution in [0.2, 0.25) is 10.0 Å². The number of pyridine rings is 1. The highest BCUT2D eigenvalue weighted by molar-refractivity contribution is 6.45. The molecule has 6 nitrogen and oxygen atoms in total. The van der Waals surface area contributed by atoms with Crippen LogP contribution in [0.1, 0.15) is 6.42 Å². The quantitative estimate of drug-likeness (QED) is 0.747. The number of imidazole rings is 1. The molecule has 3 aromatic rings. The number of rotatable bonds is 2. The van der Waals surface area contributed by atoms with Gasteiger partial charge in [-0.3, -0.25) is 4.79 Å². The number of anilines is 1. The number of carbonyl (C=O) groups is 1. The molecule has 0 spiro atoms. The Bertz CT molecular complexity index is 942.